The van der Waals surface area contributed by atoms with Crippen molar-refractivity contribution in [2.75, 3.05) is 13.9 Å². The fourth-order valence-corrected chi connectivity index (χ4v) is 2.24. The normalized spacial score (nSPS) is 12.8. The average molecular weight is 310 g/mol. The summed E-state index contributed by atoms with van der Waals surface area (Å²) in [5.41, 5.74) is 1.03. The number of ether oxygens (including phenoxy) is 3. The molecule has 5 nitrogen and oxygen atoms in total. The number of carbonyl (C=O) groups is 2. The number of benzene rings is 2. The largest absolute Gasteiger partial charge is 0.465 e. The van der Waals surface area contributed by atoms with Crippen molar-refractivity contribution in [3.8, 4) is 11.5 Å². The quantitative estimate of drug-likeness (QED) is 0.286. The SMILES string of the molecule is COC(=O)/C(=C\c1ccccc1)C(=O)c1ccc2c(c1)OCO2. The van der Waals surface area contributed by atoms with Gasteiger partial charge in [-0.15, -0.1) is 0 Å². The minimum Gasteiger partial charge on any atom is -0.465 e. The van der Waals surface area contributed by atoms with Gasteiger partial charge in [0.05, 0.1) is 7.11 Å². The smallest absolute Gasteiger partial charge is 0.341 e. The highest BCUT2D eigenvalue weighted by Crippen LogP contribution is 2.33. The lowest BCUT2D eigenvalue weighted by Gasteiger charge is -2.06. The summed E-state index contributed by atoms with van der Waals surface area (Å²) in [4.78, 5) is 24.7. The Morgan fingerprint density at radius 2 is 1.78 bits per heavy atom. The van der Waals surface area contributed by atoms with Crippen molar-refractivity contribution < 1.29 is 23.8 Å². The van der Waals surface area contributed by atoms with Crippen molar-refractivity contribution in [1.82, 2.24) is 0 Å². The second kappa shape index (κ2) is 6.36. The molecular formula is C18H14O5. The molecule has 0 bridgehead atoms. The molecule has 2 aromatic carbocycles. The van der Waals surface area contributed by atoms with E-state index in [2.05, 4.69) is 0 Å². The van der Waals surface area contributed by atoms with Crippen LogP contribution >= 0.6 is 0 Å². The highest BCUT2D eigenvalue weighted by Gasteiger charge is 2.23. The molecule has 0 radical (unpaired) electrons. The fraction of sp³-hybridized carbons (Fsp3) is 0.111. The molecule has 116 valence electrons. The number of hydrogen-bond donors (Lipinski definition) is 0. The van der Waals surface area contributed by atoms with E-state index in [1.54, 1.807) is 30.3 Å². The summed E-state index contributed by atoms with van der Waals surface area (Å²) in [6.45, 7) is 0.122. The standard InChI is InChI=1S/C18H14O5/c1-21-18(20)14(9-12-5-3-2-4-6-12)17(19)13-7-8-15-16(10-13)23-11-22-15/h2-10H,11H2,1H3/b14-9-. The van der Waals surface area contributed by atoms with Crippen LogP contribution in [0, 0.1) is 0 Å². The lowest BCUT2D eigenvalue weighted by Crippen LogP contribution is -2.14. The number of carbonyl (C=O) groups excluding carboxylic acids is 2. The Morgan fingerprint density at radius 1 is 1.04 bits per heavy atom. The van der Waals surface area contributed by atoms with E-state index in [0.717, 1.165) is 5.56 Å². The molecule has 0 unspecified atom stereocenters. The first kappa shape index (κ1) is 14.8. The van der Waals surface area contributed by atoms with Gasteiger partial charge in [-0.1, -0.05) is 30.3 Å². The highest BCUT2D eigenvalue weighted by atomic mass is 16.7. The molecule has 0 N–H and O–H groups in total. The van der Waals surface area contributed by atoms with E-state index in [0.29, 0.717) is 17.1 Å². The fourth-order valence-electron chi connectivity index (χ4n) is 2.24. The minimum atomic E-state index is -0.684. The molecule has 0 saturated heterocycles. The number of rotatable bonds is 4. The van der Waals surface area contributed by atoms with Crippen molar-refractivity contribution in [3.63, 3.8) is 0 Å². The molecule has 0 aliphatic carbocycles. The highest BCUT2D eigenvalue weighted by molar-refractivity contribution is 6.27. The summed E-state index contributed by atoms with van der Waals surface area (Å²) in [6.07, 6.45) is 1.51. The number of Topliss-reactive ketones (excluding diaryl/α,β-unsaturated/α-hetero) is 1. The molecule has 5 heteroatoms. The van der Waals surface area contributed by atoms with Crippen LogP contribution in [0.4, 0.5) is 0 Å². The first-order chi connectivity index (χ1) is 11.2. The second-order valence-electron chi connectivity index (χ2n) is 4.86. The van der Waals surface area contributed by atoms with Gasteiger partial charge < -0.3 is 14.2 Å². The molecule has 0 fully saturated rings. The van der Waals surface area contributed by atoms with E-state index in [1.165, 1.54) is 13.2 Å². The van der Waals surface area contributed by atoms with Gasteiger partial charge in [0.15, 0.2) is 17.3 Å². The third-order valence-electron chi connectivity index (χ3n) is 3.40. The second-order valence-corrected chi connectivity index (χ2v) is 4.86. The van der Waals surface area contributed by atoms with Crippen LogP contribution < -0.4 is 9.47 Å². The zero-order chi connectivity index (χ0) is 16.2. The van der Waals surface area contributed by atoms with Gasteiger partial charge >= 0.3 is 5.97 Å². The summed E-state index contributed by atoms with van der Waals surface area (Å²) in [5.74, 6) is -0.0523. The molecule has 2 aromatic rings. The van der Waals surface area contributed by atoms with Crippen molar-refractivity contribution in [2.45, 2.75) is 0 Å². The Balaban J connectivity index is 1.98. The van der Waals surface area contributed by atoms with Crippen LogP contribution in [0.25, 0.3) is 6.08 Å². The van der Waals surface area contributed by atoms with Crippen molar-refractivity contribution >= 4 is 17.8 Å². The molecule has 0 saturated carbocycles. The molecule has 0 aromatic heterocycles. The molecule has 1 heterocycles. The van der Waals surface area contributed by atoms with Gasteiger partial charge in [0.25, 0.3) is 0 Å². The maximum atomic E-state index is 12.7. The van der Waals surface area contributed by atoms with Crippen LogP contribution in [0.3, 0.4) is 0 Å². The molecular weight excluding hydrogens is 296 g/mol. The maximum absolute atomic E-state index is 12.7. The first-order valence-electron chi connectivity index (χ1n) is 6.98. The molecule has 3 rings (SSSR count). The molecule has 0 spiro atoms. The van der Waals surface area contributed by atoms with Gasteiger partial charge in [-0.3, -0.25) is 4.79 Å². The van der Waals surface area contributed by atoms with E-state index in [4.69, 9.17) is 14.2 Å². The number of methoxy groups -OCH3 is 1. The lowest BCUT2D eigenvalue weighted by atomic mass is 10.0. The van der Waals surface area contributed by atoms with Gasteiger partial charge in [-0.2, -0.15) is 0 Å². The molecule has 1 aliphatic rings. The molecule has 0 amide bonds. The molecule has 0 atom stereocenters. The Morgan fingerprint density at radius 3 is 2.52 bits per heavy atom. The van der Waals surface area contributed by atoms with E-state index in [9.17, 15) is 9.59 Å². The summed E-state index contributed by atoms with van der Waals surface area (Å²) in [7, 11) is 1.24. The Labute approximate surface area is 133 Å². The van der Waals surface area contributed by atoms with Crippen LogP contribution in [-0.4, -0.2) is 25.7 Å². The van der Waals surface area contributed by atoms with Gasteiger partial charge in [0, 0.05) is 5.56 Å². The number of fused-ring (bicyclic) bond motifs is 1. The first-order valence-corrected chi connectivity index (χ1v) is 6.98. The van der Waals surface area contributed by atoms with Crippen molar-refractivity contribution in [2.24, 2.45) is 0 Å². The third-order valence-corrected chi connectivity index (χ3v) is 3.40. The Kier molecular flexibility index (Phi) is 4.10. The summed E-state index contributed by atoms with van der Waals surface area (Å²) >= 11 is 0. The number of hydrogen-bond acceptors (Lipinski definition) is 5. The van der Waals surface area contributed by atoms with Crippen LogP contribution in [0.5, 0.6) is 11.5 Å². The Bertz CT molecular complexity index is 777. The minimum absolute atomic E-state index is 0.0439. The van der Waals surface area contributed by atoms with E-state index in [-0.39, 0.29) is 12.4 Å². The molecule has 23 heavy (non-hydrogen) atoms. The maximum Gasteiger partial charge on any atom is 0.341 e. The lowest BCUT2D eigenvalue weighted by molar-refractivity contribution is -0.135. The third kappa shape index (κ3) is 3.08. The van der Waals surface area contributed by atoms with Crippen LogP contribution in [-0.2, 0) is 9.53 Å². The van der Waals surface area contributed by atoms with Gasteiger partial charge in [0.1, 0.15) is 5.57 Å². The van der Waals surface area contributed by atoms with Crippen LogP contribution in [0.2, 0.25) is 0 Å². The van der Waals surface area contributed by atoms with Gasteiger partial charge in [0.2, 0.25) is 6.79 Å². The summed E-state index contributed by atoms with van der Waals surface area (Å²) < 4.78 is 15.2. The van der Waals surface area contributed by atoms with Crippen molar-refractivity contribution in [1.29, 1.82) is 0 Å². The zero-order valence-electron chi connectivity index (χ0n) is 12.4. The number of esters is 1. The van der Waals surface area contributed by atoms with E-state index in [1.807, 2.05) is 18.2 Å². The molecule has 1 aliphatic heterocycles. The number of ketones is 1. The summed E-state index contributed by atoms with van der Waals surface area (Å²) in [6, 6.07) is 13.9. The van der Waals surface area contributed by atoms with Gasteiger partial charge in [-0.05, 0) is 29.8 Å². The van der Waals surface area contributed by atoms with E-state index >= 15 is 0 Å². The Hall–Kier alpha value is -3.08. The monoisotopic (exact) mass is 310 g/mol. The van der Waals surface area contributed by atoms with Crippen molar-refractivity contribution in [3.05, 3.63) is 65.2 Å². The average Bonchev–Trinajstić information content (AvgIpc) is 3.07. The predicted molar refractivity (Wildman–Crippen MR) is 83.3 cm³/mol. The van der Waals surface area contributed by atoms with Gasteiger partial charge in [-0.25, -0.2) is 4.79 Å². The topological polar surface area (TPSA) is 61.8 Å². The van der Waals surface area contributed by atoms with Crippen LogP contribution in [0.1, 0.15) is 15.9 Å². The van der Waals surface area contributed by atoms with Crippen LogP contribution in [0.15, 0.2) is 54.1 Å². The zero-order valence-corrected chi connectivity index (χ0v) is 12.4. The van der Waals surface area contributed by atoms with E-state index < -0.39 is 11.8 Å². The summed E-state index contributed by atoms with van der Waals surface area (Å²) in [5, 5.41) is 0. The predicted octanol–water partition coefficient (Wildman–Crippen LogP) is 2.85.